The number of H-pyrrole nitrogens is 1. The second kappa shape index (κ2) is 5.17. The molecule has 1 atom stereocenters. The quantitative estimate of drug-likeness (QED) is 0.918. The van der Waals surface area contributed by atoms with Gasteiger partial charge in [-0.05, 0) is 37.8 Å². The average molecular weight is 283 g/mol. The standard InChI is InChI=1S/C17H21N3O/c21-17(12-6-1-2-7-12)20-11-5-10-15(20)16-18-13-8-3-4-9-14(13)19-16/h3-4,8-9,12,15H,1-2,5-7,10-11H2,(H,18,19)/t15-/m0/s1. The van der Waals surface area contributed by atoms with Crippen molar-refractivity contribution in [2.24, 2.45) is 5.92 Å². The number of rotatable bonds is 2. The van der Waals surface area contributed by atoms with Crippen LogP contribution in [-0.2, 0) is 4.79 Å². The predicted molar refractivity (Wildman–Crippen MR) is 81.7 cm³/mol. The molecule has 110 valence electrons. The van der Waals surface area contributed by atoms with Crippen LogP contribution < -0.4 is 0 Å². The van der Waals surface area contributed by atoms with Crippen LogP contribution in [0.25, 0.3) is 11.0 Å². The van der Waals surface area contributed by atoms with Gasteiger partial charge in [-0.25, -0.2) is 4.98 Å². The maximum Gasteiger partial charge on any atom is 0.226 e. The summed E-state index contributed by atoms with van der Waals surface area (Å²) in [6.45, 7) is 0.886. The molecule has 1 saturated carbocycles. The van der Waals surface area contributed by atoms with Crippen molar-refractivity contribution in [1.29, 1.82) is 0 Å². The summed E-state index contributed by atoms with van der Waals surface area (Å²) in [6, 6.07) is 8.23. The number of imidazole rings is 1. The van der Waals surface area contributed by atoms with E-state index in [1.807, 2.05) is 24.3 Å². The van der Waals surface area contributed by atoms with Gasteiger partial charge in [0.25, 0.3) is 0 Å². The SMILES string of the molecule is O=C(C1CCCC1)N1CCC[C@H]1c1nc2ccccc2[nH]1. The van der Waals surface area contributed by atoms with E-state index in [-0.39, 0.29) is 12.0 Å². The van der Waals surface area contributed by atoms with Gasteiger partial charge in [-0.15, -0.1) is 0 Å². The molecule has 1 N–H and O–H groups in total. The van der Waals surface area contributed by atoms with Crippen molar-refractivity contribution < 1.29 is 4.79 Å². The van der Waals surface area contributed by atoms with Crippen LogP contribution in [-0.4, -0.2) is 27.3 Å². The van der Waals surface area contributed by atoms with Crippen LogP contribution in [0.15, 0.2) is 24.3 Å². The molecule has 2 fully saturated rings. The summed E-state index contributed by atoms with van der Waals surface area (Å²) in [7, 11) is 0. The molecule has 0 bridgehead atoms. The van der Waals surface area contributed by atoms with E-state index in [9.17, 15) is 4.79 Å². The third kappa shape index (κ3) is 2.23. The van der Waals surface area contributed by atoms with E-state index in [0.717, 1.165) is 49.1 Å². The van der Waals surface area contributed by atoms with Crippen molar-refractivity contribution in [2.45, 2.75) is 44.6 Å². The molecule has 1 aromatic carbocycles. The van der Waals surface area contributed by atoms with E-state index < -0.39 is 0 Å². The highest BCUT2D eigenvalue weighted by Gasteiger charge is 2.36. The second-order valence-corrected chi connectivity index (χ2v) is 6.31. The molecule has 1 aromatic heterocycles. The van der Waals surface area contributed by atoms with Crippen LogP contribution in [0, 0.1) is 5.92 Å². The molecule has 1 aliphatic heterocycles. The molecule has 0 unspecified atom stereocenters. The number of amides is 1. The zero-order chi connectivity index (χ0) is 14.2. The smallest absolute Gasteiger partial charge is 0.226 e. The first-order chi connectivity index (χ1) is 10.3. The van der Waals surface area contributed by atoms with Crippen molar-refractivity contribution in [3.05, 3.63) is 30.1 Å². The number of aromatic amines is 1. The number of fused-ring (bicyclic) bond motifs is 1. The van der Waals surface area contributed by atoms with Gasteiger partial charge >= 0.3 is 0 Å². The van der Waals surface area contributed by atoms with E-state index in [4.69, 9.17) is 4.98 Å². The van der Waals surface area contributed by atoms with Crippen LogP contribution in [0.2, 0.25) is 0 Å². The van der Waals surface area contributed by atoms with Gasteiger partial charge in [-0.2, -0.15) is 0 Å². The summed E-state index contributed by atoms with van der Waals surface area (Å²) in [5, 5.41) is 0. The summed E-state index contributed by atoms with van der Waals surface area (Å²) in [4.78, 5) is 22.9. The number of carbonyl (C=O) groups excluding carboxylic acids is 1. The first-order valence-electron chi connectivity index (χ1n) is 8.08. The number of benzene rings is 1. The highest BCUT2D eigenvalue weighted by Crippen LogP contribution is 2.35. The largest absolute Gasteiger partial charge is 0.340 e. The molecule has 1 amide bonds. The zero-order valence-electron chi connectivity index (χ0n) is 12.2. The van der Waals surface area contributed by atoms with E-state index in [2.05, 4.69) is 9.88 Å². The molecular formula is C17H21N3O. The van der Waals surface area contributed by atoms with Gasteiger partial charge < -0.3 is 9.88 Å². The van der Waals surface area contributed by atoms with Gasteiger partial charge in [0.2, 0.25) is 5.91 Å². The lowest BCUT2D eigenvalue weighted by Gasteiger charge is -2.26. The van der Waals surface area contributed by atoms with Crippen LogP contribution in [0.4, 0.5) is 0 Å². The van der Waals surface area contributed by atoms with Crippen molar-refractivity contribution in [3.63, 3.8) is 0 Å². The number of nitrogens with zero attached hydrogens (tertiary/aromatic N) is 2. The first-order valence-corrected chi connectivity index (χ1v) is 8.08. The van der Waals surface area contributed by atoms with Crippen LogP contribution in [0.5, 0.6) is 0 Å². The third-order valence-electron chi connectivity index (χ3n) is 4.96. The van der Waals surface area contributed by atoms with Gasteiger partial charge in [0, 0.05) is 12.5 Å². The number of aromatic nitrogens is 2. The van der Waals surface area contributed by atoms with Gasteiger partial charge in [0.15, 0.2) is 0 Å². The Morgan fingerprint density at radius 1 is 1.14 bits per heavy atom. The maximum atomic E-state index is 12.7. The Labute approximate surface area is 124 Å². The lowest BCUT2D eigenvalue weighted by atomic mass is 10.1. The van der Waals surface area contributed by atoms with Crippen molar-refractivity contribution in [3.8, 4) is 0 Å². The molecule has 4 rings (SSSR count). The van der Waals surface area contributed by atoms with Gasteiger partial charge in [0.1, 0.15) is 5.82 Å². The monoisotopic (exact) mass is 283 g/mol. The van der Waals surface area contributed by atoms with E-state index in [1.165, 1.54) is 12.8 Å². The maximum absolute atomic E-state index is 12.7. The number of likely N-dealkylation sites (tertiary alicyclic amines) is 1. The fourth-order valence-electron chi connectivity index (χ4n) is 3.85. The number of para-hydroxylation sites is 2. The normalized spacial score (nSPS) is 23.2. The molecule has 2 aromatic rings. The summed E-state index contributed by atoms with van der Waals surface area (Å²) in [6.07, 6.45) is 6.67. The molecule has 0 radical (unpaired) electrons. The molecule has 0 spiro atoms. The fraction of sp³-hybridized carbons (Fsp3) is 0.529. The highest BCUT2D eigenvalue weighted by molar-refractivity contribution is 5.80. The van der Waals surface area contributed by atoms with Crippen LogP contribution in [0.3, 0.4) is 0 Å². The molecule has 2 heterocycles. The van der Waals surface area contributed by atoms with E-state index >= 15 is 0 Å². The predicted octanol–water partition coefficient (Wildman–Crippen LogP) is 3.42. The van der Waals surface area contributed by atoms with Gasteiger partial charge in [-0.3, -0.25) is 4.79 Å². The topological polar surface area (TPSA) is 49.0 Å². The molecule has 2 aliphatic rings. The third-order valence-corrected chi connectivity index (χ3v) is 4.96. The second-order valence-electron chi connectivity index (χ2n) is 6.31. The lowest BCUT2D eigenvalue weighted by molar-refractivity contribution is -0.136. The summed E-state index contributed by atoms with van der Waals surface area (Å²) >= 11 is 0. The Kier molecular flexibility index (Phi) is 3.17. The zero-order valence-corrected chi connectivity index (χ0v) is 12.2. The lowest BCUT2D eigenvalue weighted by Crippen LogP contribution is -2.35. The highest BCUT2D eigenvalue weighted by atomic mass is 16.2. The first kappa shape index (κ1) is 12.9. The van der Waals surface area contributed by atoms with Crippen molar-refractivity contribution in [1.82, 2.24) is 14.9 Å². The Morgan fingerprint density at radius 3 is 2.76 bits per heavy atom. The van der Waals surface area contributed by atoms with E-state index in [0.29, 0.717) is 5.91 Å². The number of nitrogens with one attached hydrogen (secondary N) is 1. The number of carbonyl (C=O) groups is 1. The minimum absolute atomic E-state index is 0.144. The summed E-state index contributed by atoms with van der Waals surface area (Å²) < 4.78 is 0. The Balaban J connectivity index is 1.62. The average Bonchev–Trinajstić information content (AvgIpc) is 3.24. The minimum atomic E-state index is 0.144. The summed E-state index contributed by atoms with van der Waals surface area (Å²) in [5.74, 6) is 1.57. The number of hydrogen-bond acceptors (Lipinski definition) is 2. The molecule has 1 aliphatic carbocycles. The Morgan fingerprint density at radius 2 is 1.95 bits per heavy atom. The van der Waals surface area contributed by atoms with Crippen molar-refractivity contribution in [2.75, 3.05) is 6.54 Å². The molecule has 4 nitrogen and oxygen atoms in total. The van der Waals surface area contributed by atoms with E-state index in [1.54, 1.807) is 0 Å². The van der Waals surface area contributed by atoms with Crippen LogP contribution in [0.1, 0.15) is 50.4 Å². The molecule has 21 heavy (non-hydrogen) atoms. The Bertz CT molecular complexity index is 624. The minimum Gasteiger partial charge on any atom is -0.340 e. The van der Waals surface area contributed by atoms with Crippen LogP contribution >= 0.6 is 0 Å². The fourth-order valence-corrected chi connectivity index (χ4v) is 3.85. The molecule has 4 heteroatoms. The van der Waals surface area contributed by atoms with Gasteiger partial charge in [0.05, 0.1) is 17.1 Å². The summed E-state index contributed by atoms with van der Waals surface area (Å²) in [5.41, 5.74) is 2.06. The number of hydrogen-bond donors (Lipinski definition) is 1. The molecular weight excluding hydrogens is 262 g/mol. The van der Waals surface area contributed by atoms with Gasteiger partial charge in [-0.1, -0.05) is 25.0 Å². The Hall–Kier alpha value is -1.84. The molecule has 1 saturated heterocycles. The van der Waals surface area contributed by atoms with Crippen molar-refractivity contribution >= 4 is 16.9 Å².